The first kappa shape index (κ1) is 17.0. The van der Waals surface area contributed by atoms with Crippen LogP contribution in [0.4, 0.5) is 0 Å². The molecule has 0 radical (unpaired) electrons. The number of fused-ring (bicyclic) bond motifs is 1. The van der Waals surface area contributed by atoms with Gasteiger partial charge in [0.25, 0.3) is 0 Å². The van der Waals surface area contributed by atoms with Crippen molar-refractivity contribution < 1.29 is 9.59 Å². The first-order valence-corrected chi connectivity index (χ1v) is 7.74. The molecule has 0 bridgehead atoms. The molecule has 23 heavy (non-hydrogen) atoms. The molecule has 6 heteroatoms. The molecule has 1 heterocycles. The van der Waals surface area contributed by atoms with E-state index < -0.39 is 5.41 Å². The summed E-state index contributed by atoms with van der Waals surface area (Å²) in [5.74, 6) is 0.644. The Morgan fingerprint density at radius 2 is 1.87 bits per heavy atom. The zero-order chi connectivity index (χ0) is 17.0. The largest absolute Gasteiger partial charge is 0.355 e. The van der Waals surface area contributed by atoms with Crippen LogP contribution in [-0.2, 0) is 23.2 Å². The number of para-hydroxylation sites is 2. The van der Waals surface area contributed by atoms with E-state index in [1.807, 2.05) is 56.7 Å². The first-order valence-electron chi connectivity index (χ1n) is 7.74. The number of nitrogens with one attached hydrogen (secondary N) is 2. The Morgan fingerprint density at radius 3 is 2.52 bits per heavy atom. The standard InChI is InChI=1S/C17H24N4O2/c1-17(2,3)16(23)18-10-9-15(22)19-11-14-20-12-7-5-6-8-13(12)21(14)4/h5-8H,9-11H2,1-4H3,(H,18,23)(H,19,22). The molecule has 0 aliphatic rings. The van der Waals surface area contributed by atoms with E-state index in [9.17, 15) is 9.59 Å². The summed E-state index contributed by atoms with van der Waals surface area (Å²) in [5, 5.41) is 5.60. The number of carbonyl (C=O) groups is 2. The Morgan fingerprint density at radius 1 is 1.17 bits per heavy atom. The van der Waals surface area contributed by atoms with Crippen molar-refractivity contribution in [1.29, 1.82) is 0 Å². The van der Waals surface area contributed by atoms with Crippen molar-refractivity contribution in [3.63, 3.8) is 0 Å². The first-order chi connectivity index (χ1) is 10.8. The molecule has 0 fully saturated rings. The molecule has 1 aromatic heterocycles. The fourth-order valence-corrected chi connectivity index (χ4v) is 2.17. The minimum absolute atomic E-state index is 0.0550. The molecule has 2 amide bonds. The van der Waals surface area contributed by atoms with Crippen LogP contribution in [0.3, 0.4) is 0 Å². The van der Waals surface area contributed by atoms with Crippen LogP contribution in [0.25, 0.3) is 11.0 Å². The maximum absolute atomic E-state index is 11.9. The van der Waals surface area contributed by atoms with Gasteiger partial charge in [0, 0.05) is 25.4 Å². The van der Waals surface area contributed by atoms with Crippen molar-refractivity contribution in [2.45, 2.75) is 33.7 Å². The summed E-state index contributed by atoms with van der Waals surface area (Å²) >= 11 is 0. The summed E-state index contributed by atoms with van der Waals surface area (Å²) in [6, 6.07) is 7.85. The van der Waals surface area contributed by atoms with Gasteiger partial charge in [0.15, 0.2) is 0 Å². The Bertz CT molecular complexity index is 713. The number of imidazole rings is 1. The highest BCUT2D eigenvalue weighted by molar-refractivity contribution is 5.82. The van der Waals surface area contributed by atoms with Crippen molar-refractivity contribution in [2.24, 2.45) is 12.5 Å². The second-order valence-corrected chi connectivity index (χ2v) is 6.61. The number of rotatable bonds is 5. The summed E-state index contributed by atoms with van der Waals surface area (Å²) in [4.78, 5) is 28.1. The van der Waals surface area contributed by atoms with Crippen LogP contribution in [0.1, 0.15) is 33.0 Å². The topological polar surface area (TPSA) is 76.0 Å². The van der Waals surface area contributed by atoms with Crippen LogP contribution in [0.5, 0.6) is 0 Å². The van der Waals surface area contributed by atoms with Gasteiger partial charge in [-0.3, -0.25) is 9.59 Å². The molecule has 2 aromatic rings. The van der Waals surface area contributed by atoms with Crippen LogP contribution in [0.15, 0.2) is 24.3 Å². The number of carbonyl (C=O) groups excluding carboxylic acids is 2. The van der Waals surface area contributed by atoms with Gasteiger partial charge in [-0.2, -0.15) is 0 Å². The number of nitrogens with zero attached hydrogens (tertiary/aromatic N) is 2. The highest BCUT2D eigenvalue weighted by Gasteiger charge is 2.20. The van der Waals surface area contributed by atoms with E-state index in [1.54, 1.807) is 0 Å². The molecule has 0 spiro atoms. The van der Waals surface area contributed by atoms with Crippen LogP contribution in [0.2, 0.25) is 0 Å². The number of hydrogen-bond acceptors (Lipinski definition) is 3. The fourth-order valence-electron chi connectivity index (χ4n) is 2.17. The molecule has 0 saturated carbocycles. The number of aromatic nitrogens is 2. The quantitative estimate of drug-likeness (QED) is 0.882. The minimum atomic E-state index is -0.441. The summed E-state index contributed by atoms with van der Waals surface area (Å²) in [5.41, 5.74) is 1.51. The molecule has 0 unspecified atom stereocenters. The van der Waals surface area contributed by atoms with E-state index in [1.165, 1.54) is 0 Å². The van der Waals surface area contributed by atoms with E-state index >= 15 is 0 Å². The second-order valence-electron chi connectivity index (χ2n) is 6.61. The molecule has 2 N–H and O–H groups in total. The third kappa shape index (κ3) is 4.31. The zero-order valence-electron chi connectivity index (χ0n) is 14.1. The van der Waals surface area contributed by atoms with Crippen LogP contribution < -0.4 is 10.6 Å². The molecular formula is C17H24N4O2. The van der Waals surface area contributed by atoms with Gasteiger partial charge in [0.05, 0.1) is 17.6 Å². The Labute approximate surface area is 136 Å². The van der Waals surface area contributed by atoms with Gasteiger partial charge >= 0.3 is 0 Å². The van der Waals surface area contributed by atoms with E-state index in [-0.39, 0.29) is 18.2 Å². The van der Waals surface area contributed by atoms with Gasteiger partial charge in [-0.1, -0.05) is 32.9 Å². The van der Waals surface area contributed by atoms with E-state index in [0.717, 1.165) is 16.9 Å². The lowest BCUT2D eigenvalue weighted by Crippen LogP contribution is -2.37. The molecule has 2 rings (SSSR count). The lowest BCUT2D eigenvalue weighted by atomic mass is 9.96. The Balaban J connectivity index is 1.82. The number of benzene rings is 1. The highest BCUT2D eigenvalue weighted by atomic mass is 16.2. The summed E-state index contributed by atoms with van der Waals surface area (Å²) in [7, 11) is 1.93. The number of aryl methyl sites for hydroxylation is 1. The lowest BCUT2D eigenvalue weighted by molar-refractivity contribution is -0.128. The zero-order valence-corrected chi connectivity index (χ0v) is 14.1. The minimum Gasteiger partial charge on any atom is -0.355 e. The highest BCUT2D eigenvalue weighted by Crippen LogP contribution is 2.14. The molecular weight excluding hydrogens is 292 g/mol. The third-order valence-electron chi connectivity index (χ3n) is 3.64. The van der Waals surface area contributed by atoms with Crippen molar-refractivity contribution in [1.82, 2.24) is 20.2 Å². The Hall–Kier alpha value is -2.37. The van der Waals surface area contributed by atoms with Gasteiger partial charge in [-0.25, -0.2) is 4.98 Å². The fraction of sp³-hybridized carbons (Fsp3) is 0.471. The van der Waals surface area contributed by atoms with E-state index in [4.69, 9.17) is 0 Å². The molecule has 124 valence electrons. The van der Waals surface area contributed by atoms with E-state index in [2.05, 4.69) is 15.6 Å². The lowest BCUT2D eigenvalue weighted by Gasteiger charge is -2.17. The summed E-state index contributed by atoms with van der Waals surface area (Å²) in [6.45, 7) is 6.23. The monoisotopic (exact) mass is 316 g/mol. The Kier molecular flexibility index (Phi) is 5.03. The SMILES string of the molecule is Cn1c(CNC(=O)CCNC(=O)C(C)(C)C)nc2ccccc21. The van der Waals surface area contributed by atoms with Gasteiger partial charge in [-0.05, 0) is 12.1 Å². The maximum Gasteiger partial charge on any atom is 0.225 e. The van der Waals surface area contributed by atoms with Crippen molar-refractivity contribution >= 4 is 22.8 Å². The average molecular weight is 316 g/mol. The van der Waals surface area contributed by atoms with Crippen molar-refractivity contribution in [3.05, 3.63) is 30.1 Å². The predicted octanol–water partition coefficient (Wildman–Crippen LogP) is 1.74. The number of hydrogen-bond donors (Lipinski definition) is 2. The van der Waals surface area contributed by atoms with Crippen molar-refractivity contribution in [3.8, 4) is 0 Å². The van der Waals surface area contributed by atoms with Gasteiger partial charge in [0.1, 0.15) is 5.82 Å². The van der Waals surface area contributed by atoms with Gasteiger partial charge < -0.3 is 15.2 Å². The second kappa shape index (κ2) is 6.81. The molecule has 0 aliphatic carbocycles. The molecule has 6 nitrogen and oxygen atoms in total. The summed E-state index contributed by atoms with van der Waals surface area (Å²) < 4.78 is 1.97. The van der Waals surface area contributed by atoms with Gasteiger partial charge in [-0.15, -0.1) is 0 Å². The number of amides is 2. The van der Waals surface area contributed by atoms with Crippen molar-refractivity contribution in [2.75, 3.05) is 6.54 Å². The molecule has 0 atom stereocenters. The summed E-state index contributed by atoms with van der Waals surface area (Å²) in [6.07, 6.45) is 0.256. The smallest absolute Gasteiger partial charge is 0.225 e. The maximum atomic E-state index is 11.9. The molecule has 0 saturated heterocycles. The van der Waals surface area contributed by atoms with Gasteiger partial charge in [0.2, 0.25) is 11.8 Å². The average Bonchev–Trinajstić information content (AvgIpc) is 2.81. The molecule has 1 aromatic carbocycles. The third-order valence-corrected chi connectivity index (χ3v) is 3.64. The normalized spacial score (nSPS) is 11.5. The van der Waals surface area contributed by atoms with Crippen LogP contribution in [-0.4, -0.2) is 27.9 Å². The van der Waals surface area contributed by atoms with Crippen LogP contribution in [0, 0.1) is 5.41 Å². The van der Waals surface area contributed by atoms with Crippen LogP contribution >= 0.6 is 0 Å². The predicted molar refractivity (Wildman–Crippen MR) is 89.6 cm³/mol. The van der Waals surface area contributed by atoms with E-state index in [0.29, 0.717) is 13.1 Å². The molecule has 0 aliphatic heterocycles.